The Hall–Kier alpha value is -8.01. The van der Waals surface area contributed by atoms with Crippen molar-refractivity contribution in [3.63, 3.8) is 0 Å². The van der Waals surface area contributed by atoms with Crippen molar-refractivity contribution in [2.45, 2.75) is 0 Å². The number of rotatable bonds is 8. The van der Waals surface area contributed by atoms with Gasteiger partial charge >= 0.3 is 0 Å². The van der Waals surface area contributed by atoms with Gasteiger partial charge in [0.2, 0.25) is 5.89 Å². The van der Waals surface area contributed by atoms with Crippen LogP contribution in [0.5, 0.6) is 0 Å². The highest BCUT2D eigenvalue weighted by Gasteiger charge is 2.18. The topological polar surface area (TPSA) is 29.3 Å². The summed E-state index contributed by atoms with van der Waals surface area (Å²) in [6.07, 6.45) is 0. The third-order valence-electron chi connectivity index (χ3n) is 11.5. The predicted octanol–water partition coefficient (Wildman–Crippen LogP) is 15.9. The van der Waals surface area contributed by atoms with Crippen LogP contribution in [-0.4, -0.2) is 4.98 Å². The largest absolute Gasteiger partial charge is 0.436 e. The number of benzene rings is 10. The highest BCUT2D eigenvalue weighted by molar-refractivity contribution is 6.06. The minimum absolute atomic E-state index is 0.635. The zero-order valence-electron chi connectivity index (χ0n) is 32.7. The molecule has 0 aliphatic carbocycles. The van der Waals surface area contributed by atoms with Gasteiger partial charge in [-0.05, 0) is 121 Å². The van der Waals surface area contributed by atoms with Crippen molar-refractivity contribution < 1.29 is 4.42 Å². The Morgan fingerprint density at radius 3 is 1.53 bits per heavy atom. The SMILES string of the molecule is c1ccc(-c2ccc(N(c3ccc(-c4ccccc4-c4ccc5c(ccc6oc(-c7ccccc7)nc65)c4)cc3)c3cc(-c4ccccc4)c4ccccc4c3)cc2)cc1. The van der Waals surface area contributed by atoms with E-state index in [2.05, 4.69) is 199 Å². The zero-order chi connectivity index (χ0) is 39.8. The Labute approximate surface area is 349 Å². The molecule has 0 amide bonds. The molecule has 1 heterocycles. The van der Waals surface area contributed by atoms with Gasteiger partial charge in [-0.1, -0.05) is 170 Å². The molecule has 11 rings (SSSR count). The minimum atomic E-state index is 0.635. The monoisotopic (exact) mass is 766 g/mol. The second kappa shape index (κ2) is 15.1. The maximum Gasteiger partial charge on any atom is 0.227 e. The van der Waals surface area contributed by atoms with E-state index in [1.165, 1.54) is 44.2 Å². The van der Waals surface area contributed by atoms with Crippen LogP contribution in [0.4, 0.5) is 17.1 Å². The van der Waals surface area contributed by atoms with Crippen LogP contribution in [0.15, 0.2) is 235 Å². The number of anilines is 3. The van der Waals surface area contributed by atoms with Crippen molar-refractivity contribution in [3.8, 4) is 56.0 Å². The second-order valence-corrected chi connectivity index (χ2v) is 15.2. The molecule has 0 aliphatic rings. The van der Waals surface area contributed by atoms with Crippen molar-refractivity contribution in [3.05, 3.63) is 231 Å². The summed E-state index contributed by atoms with van der Waals surface area (Å²) in [6, 6.07) is 82.1. The number of nitrogens with zero attached hydrogens (tertiary/aromatic N) is 2. The molecule has 282 valence electrons. The van der Waals surface area contributed by atoms with E-state index >= 15 is 0 Å². The van der Waals surface area contributed by atoms with Gasteiger partial charge in [-0.2, -0.15) is 0 Å². The molecular weight excluding hydrogens is 729 g/mol. The Bertz CT molecular complexity index is 3280. The average molecular weight is 767 g/mol. The number of oxazole rings is 1. The van der Waals surface area contributed by atoms with Gasteiger partial charge in [-0.3, -0.25) is 0 Å². The highest BCUT2D eigenvalue weighted by atomic mass is 16.3. The van der Waals surface area contributed by atoms with Crippen LogP contribution in [-0.2, 0) is 0 Å². The third kappa shape index (κ3) is 6.49. The lowest BCUT2D eigenvalue weighted by atomic mass is 9.93. The first-order valence-electron chi connectivity index (χ1n) is 20.4. The number of aromatic nitrogens is 1. The summed E-state index contributed by atoms with van der Waals surface area (Å²) < 4.78 is 6.19. The molecule has 11 aromatic rings. The maximum atomic E-state index is 6.19. The summed E-state index contributed by atoms with van der Waals surface area (Å²) in [5.74, 6) is 0.635. The van der Waals surface area contributed by atoms with Gasteiger partial charge in [-0.25, -0.2) is 4.98 Å². The van der Waals surface area contributed by atoms with E-state index in [9.17, 15) is 0 Å². The molecule has 10 aromatic carbocycles. The van der Waals surface area contributed by atoms with E-state index in [1.54, 1.807) is 0 Å². The Kier molecular flexibility index (Phi) is 8.83. The van der Waals surface area contributed by atoms with E-state index in [1.807, 2.05) is 36.4 Å². The fourth-order valence-electron chi connectivity index (χ4n) is 8.53. The summed E-state index contributed by atoms with van der Waals surface area (Å²) in [7, 11) is 0. The fourth-order valence-corrected chi connectivity index (χ4v) is 8.53. The number of hydrogen-bond donors (Lipinski definition) is 0. The third-order valence-corrected chi connectivity index (χ3v) is 11.5. The first-order valence-corrected chi connectivity index (χ1v) is 20.4. The molecule has 1 aromatic heterocycles. The van der Waals surface area contributed by atoms with Crippen molar-refractivity contribution in [2.75, 3.05) is 4.90 Å². The van der Waals surface area contributed by atoms with Crippen molar-refractivity contribution >= 4 is 49.7 Å². The summed E-state index contributed by atoms with van der Waals surface area (Å²) in [4.78, 5) is 7.30. The van der Waals surface area contributed by atoms with Crippen molar-refractivity contribution in [1.29, 1.82) is 0 Å². The quantitative estimate of drug-likeness (QED) is 0.154. The predicted molar refractivity (Wildman–Crippen MR) is 251 cm³/mol. The first-order chi connectivity index (χ1) is 29.7. The van der Waals surface area contributed by atoms with Crippen LogP contribution in [0.25, 0.3) is 88.6 Å². The van der Waals surface area contributed by atoms with Crippen LogP contribution >= 0.6 is 0 Å². The molecule has 3 heteroatoms. The van der Waals surface area contributed by atoms with Gasteiger partial charge in [0.1, 0.15) is 5.52 Å². The van der Waals surface area contributed by atoms with Gasteiger partial charge in [0.25, 0.3) is 0 Å². The van der Waals surface area contributed by atoms with Crippen LogP contribution in [0.2, 0.25) is 0 Å². The van der Waals surface area contributed by atoms with Gasteiger partial charge in [0.05, 0.1) is 0 Å². The molecule has 0 bridgehead atoms. The molecule has 0 saturated heterocycles. The van der Waals surface area contributed by atoms with E-state index in [0.29, 0.717) is 5.89 Å². The van der Waals surface area contributed by atoms with Gasteiger partial charge in [0.15, 0.2) is 5.58 Å². The normalized spacial score (nSPS) is 11.3. The lowest BCUT2D eigenvalue weighted by molar-refractivity contribution is 0.620. The molecule has 0 atom stereocenters. The van der Waals surface area contributed by atoms with E-state index in [0.717, 1.165) is 55.6 Å². The smallest absolute Gasteiger partial charge is 0.227 e. The lowest BCUT2D eigenvalue weighted by Crippen LogP contribution is -2.10. The second-order valence-electron chi connectivity index (χ2n) is 15.2. The molecule has 0 unspecified atom stereocenters. The molecule has 0 radical (unpaired) electrons. The Morgan fingerprint density at radius 2 is 0.833 bits per heavy atom. The van der Waals surface area contributed by atoms with E-state index in [4.69, 9.17) is 9.40 Å². The van der Waals surface area contributed by atoms with Crippen LogP contribution in [0.1, 0.15) is 0 Å². The molecule has 0 N–H and O–H groups in total. The summed E-state index contributed by atoms with van der Waals surface area (Å²) in [6.45, 7) is 0. The lowest BCUT2D eigenvalue weighted by Gasteiger charge is -2.27. The molecule has 60 heavy (non-hydrogen) atoms. The molecule has 0 spiro atoms. The summed E-state index contributed by atoms with van der Waals surface area (Å²) in [5, 5.41) is 4.62. The summed E-state index contributed by atoms with van der Waals surface area (Å²) >= 11 is 0. The zero-order valence-corrected chi connectivity index (χ0v) is 32.7. The fraction of sp³-hybridized carbons (Fsp3) is 0. The van der Waals surface area contributed by atoms with E-state index < -0.39 is 0 Å². The van der Waals surface area contributed by atoms with Crippen LogP contribution < -0.4 is 4.90 Å². The van der Waals surface area contributed by atoms with Gasteiger partial charge in [-0.15, -0.1) is 0 Å². The average Bonchev–Trinajstić information content (AvgIpc) is 3.78. The molecule has 0 aliphatic heterocycles. The molecule has 0 fully saturated rings. The van der Waals surface area contributed by atoms with E-state index in [-0.39, 0.29) is 0 Å². The van der Waals surface area contributed by atoms with Crippen LogP contribution in [0.3, 0.4) is 0 Å². The molecule has 0 saturated carbocycles. The maximum absolute atomic E-state index is 6.19. The minimum Gasteiger partial charge on any atom is -0.436 e. The number of hydrogen-bond acceptors (Lipinski definition) is 3. The Balaban J connectivity index is 0.991. The van der Waals surface area contributed by atoms with Crippen molar-refractivity contribution in [1.82, 2.24) is 4.98 Å². The standard InChI is InChI=1S/C57H38N2O/c1-4-14-39(15-5-1)40-24-30-47(31-25-40)59(49-37-44-20-10-11-23-52(44)54(38-49)41-16-6-2-7-17-41)48-32-26-42(27-33-48)50-21-12-13-22-51(50)45-28-34-53-46(36-45)29-35-55-56(53)58-57(60-55)43-18-8-3-9-19-43/h1-38H. The highest BCUT2D eigenvalue weighted by Crippen LogP contribution is 2.42. The van der Waals surface area contributed by atoms with Gasteiger partial charge < -0.3 is 9.32 Å². The van der Waals surface area contributed by atoms with Crippen LogP contribution in [0, 0.1) is 0 Å². The molecular formula is C57H38N2O. The van der Waals surface area contributed by atoms with Crippen molar-refractivity contribution in [2.24, 2.45) is 0 Å². The number of fused-ring (bicyclic) bond motifs is 4. The first kappa shape index (κ1) is 35.2. The summed E-state index contributed by atoms with van der Waals surface area (Å²) in [5.41, 5.74) is 15.3. The van der Waals surface area contributed by atoms with Gasteiger partial charge in [0, 0.05) is 28.0 Å². The Morgan fingerprint density at radius 1 is 0.317 bits per heavy atom. The molecule has 3 nitrogen and oxygen atoms in total.